The molecule has 0 saturated heterocycles. The van der Waals surface area contributed by atoms with Gasteiger partial charge in [0.05, 0.1) is 5.92 Å². The maximum Gasteiger partial charge on any atom is 0.244 e. The monoisotopic (exact) mass is 404 g/mol. The van der Waals surface area contributed by atoms with E-state index in [1.165, 1.54) is 12.1 Å². The highest BCUT2D eigenvalue weighted by Crippen LogP contribution is 2.44. The van der Waals surface area contributed by atoms with Crippen LogP contribution in [0.1, 0.15) is 39.4 Å². The van der Waals surface area contributed by atoms with E-state index < -0.39 is 0 Å². The summed E-state index contributed by atoms with van der Waals surface area (Å²) in [5.74, 6) is 0.334. The summed E-state index contributed by atoms with van der Waals surface area (Å²) in [5.41, 5.74) is 12.0. The lowest BCUT2D eigenvalue weighted by atomic mass is 9.81. The van der Waals surface area contributed by atoms with Crippen LogP contribution in [0.2, 0.25) is 0 Å². The smallest absolute Gasteiger partial charge is 0.244 e. The van der Waals surface area contributed by atoms with Gasteiger partial charge in [-0.05, 0) is 67.3 Å². The zero-order chi connectivity index (χ0) is 21.4. The first kappa shape index (κ1) is 19.5. The summed E-state index contributed by atoms with van der Waals surface area (Å²) in [5, 5.41) is 16.9. The first-order chi connectivity index (χ1) is 14.4. The molecule has 30 heavy (non-hydrogen) atoms. The third-order valence-electron chi connectivity index (χ3n) is 5.37. The van der Waals surface area contributed by atoms with Crippen molar-refractivity contribution in [1.82, 2.24) is 10.2 Å². The van der Waals surface area contributed by atoms with Crippen molar-refractivity contribution in [3.63, 3.8) is 0 Å². The predicted octanol–water partition coefficient (Wildman–Crippen LogP) is 4.27. The number of hydrogen-bond donors (Lipinski definition) is 2. The van der Waals surface area contributed by atoms with E-state index in [1.54, 1.807) is 12.1 Å². The Kier molecular flexibility index (Phi) is 4.92. The second-order valence-electron chi connectivity index (χ2n) is 7.37. The molecule has 6 nitrogen and oxygen atoms in total. The molecule has 3 N–H and O–H groups in total. The van der Waals surface area contributed by atoms with Crippen LogP contribution in [0.3, 0.4) is 0 Å². The number of nitrogens with one attached hydrogen (secondary N) is 1. The summed E-state index contributed by atoms with van der Waals surface area (Å²) in [4.78, 5) is 0. The maximum atomic E-state index is 13.1. The fourth-order valence-electron chi connectivity index (χ4n) is 3.78. The van der Waals surface area contributed by atoms with Gasteiger partial charge in [-0.2, -0.15) is 5.26 Å². The topological polar surface area (TPSA) is 97.0 Å². The molecule has 1 aromatic heterocycles. The molecule has 4 rings (SSSR count). The highest BCUT2D eigenvalue weighted by molar-refractivity contribution is 5.57. The van der Waals surface area contributed by atoms with Gasteiger partial charge in [0.25, 0.3) is 0 Å². The van der Waals surface area contributed by atoms with Crippen LogP contribution in [0, 0.1) is 37.9 Å². The van der Waals surface area contributed by atoms with Crippen LogP contribution in [0.5, 0.6) is 11.6 Å². The maximum absolute atomic E-state index is 13.1. The summed E-state index contributed by atoms with van der Waals surface area (Å²) in [6.45, 7) is 6.21. The molecule has 0 bridgehead atoms. The zero-order valence-corrected chi connectivity index (χ0v) is 16.9. The lowest BCUT2D eigenvalue weighted by Crippen LogP contribution is -2.21. The number of aromatic amines is 1. The summed E-state index contributed by atoms with van der Waals surface area (Å²) < 4.78 is 24.5. The molecule has 7 heteroatoms. The molecule has 0 aliphatic carbocycles. The number of ether oxygens (including phenoxy) is 2. The number of aryl methyl sites for hydroxylation is 3. The molecule has 0 radical (unpaired) electrons. The average molecular weight is 404 g/mol. The molecule has 0 fully saturated rings. The number of benzene rings is 2. The molecule has 3 aromatic rings. The normalized spacial score (nSPS) is 15.4. The van der Waals surface area contributed by atoms with Gasteiger partial charge in [-0.3, -0.25) is 5.10 Å². The van der Waals surface area contributed by atoms with E-state index in [2.05, 4.69) is 22.3 Å². The molecular formula is C23H21FN4O2. The largest absolute Gasteiger partial charge is 0.489 e. The molecule has 0 spiro atoms. The van der Waals surface area contributed by atoms with Gasteiger partial charge in [-0.1, -0.05) is 12.1 Å². The van der Waals surface area contributed by atoms with Crippen molar-refractivity contribution in [3.05, 3.63) is 87.2 Å². The summed E-state index contributed by atoms with van der Waals surface area (Å²) in [7, 11) is 0. The minimum Gasteiger partial charge on any atom is -0.489 e. The van der Waals surface area contributed by atoms with Gasteiger partial charge in [0.1, 0.15) is 29.8 Å². The van der Waals surface area contributed by atoms with Crippen molar-refractivity contribution in [2.45, 2.75) is 33.3 Å². The number of nitriles is 1. The van der Waals surface area contributed by atoms with Crippen LogP contribution in [0.4, 0.5) is 4.39 Å². The van der Waals surface area contributed by atoms with Crippen LogP contribution >= 0.6 is 0 Å². The van der Waals surface area contributed by atoms with E-state index in [1.807, 2.05) is 26.8 Å². The van der Waals surface area contributed by atoms with Crippen LogP contribution in [0.25, 0.3) is 0 Å². The Labute approximate surface area is 173 Å². The average Bonchev–Trinajstić information content (AvgIpc) is 3.08. The number of hydrogen-bond acceptors (Lipinski definition) is 5. The first-order valence-electron chi connectivity index (χ1n) is 9.50. The van der Waals surface area contributed by atoms with Crippen LogP contribution in [-0.4, -0.2) is 10.2 Å². The lowest BCUT2D eigenvalue weighted by Gasteiger charge is -2.26. The highest BCUT2D eigenvalue weighted by atomic mass is 19.1. The summed E-state index contributed by atoms with van der Waals surface area (Å²) in [6, 6.07) is 12.2. The van der Waals surface area contributed by atoms with E-state index in [0.29, 0.717) is 23.8 Å². The van der Waals surface area contributed by atoms with Crippen LogP contribution in [0.15, 0.2) is 47.9 Å². The second kappa shape index (κ2) is 7.56. The number of aromatic nitrogens is 2. The van der Waals surface area contributed by atoms with Crippen LogP contribution < -0.4 is 15.2 Å². The Morgan fingerprint density at radius 3 is 2.63 bits per heavy atom. The molecule has 0 saturated carbocycles. The van der Waals surface area contributed by atoms with Crippen molar-refractivity contribution in [1.29, 1.82) is 5.26 Å². The number of halogens is 1. The SMILES string of the molecule is Cc1cc(C)c([C@@H]2C(C#N)=C(N)Oc3n[nH]c(C)c32)cc1COc1ccc(F)cc1. The number of H-pyrrole nitrogens is 1. The van der Waals surface area contributed by atoms with Gasteiger partial charge in [0.2, 0.25) is 11.8 Å². The number of nitrogens with two attached hydrogens (primary N) is 1. The molecule has 1 atom stereocenters. The molecule has 1 aliphatic rings. The Morgan fingerprint density at radius 2 is 1.93 bits per heavy atom. The van der Waals surface area contributed by atoms with E-state index in [9.17, 15) is 9.65 Å². The van der Waals surface area contributed by atoms with Gasteiger partial charge < -0.3 is 15.2 Å². The van der Waals surface area contributed by atoms with Gasteiger partial charge in [0.15, 0.2) is 0 Å². The van der Waals surface area contributed by atoms with E-state index in [4.69, 9.17) is 15.2 Å². The minimum absolute atomic E-state index is 0.0607. The third-order valence-corrected chi connectivity index (χ3v) is 5.37. The molecule has 2 heterocycles. The highest BCUT2D eigenvalue weighted by Gasteiger charge is 2.35. The van der Waals surface area contributed by atoms with E-state index in [0.717, 1.165) is 33.5 Å². The lowest BCUT2D eigenvalue weighted by molar-refractivity contribution is 0.304. The Hall–Kier alpha value is -3.79. The summed E-state index contributed by atoms with van der Waals surface area (Å²) in [6.07, 6.45) is 0. The van der Waals surface area contributed by atoms with E-state index >= 15 is 0 Å². The number of fused-ring (bicyclic) bond motifs is 1. The van der Waals surface area contributed by atoms with Gasteiger partial charge in [0, 0.05) is 11.3 Å². The predicted molar refractivity (Wildman–Crippen MR) is 109 cm³/mol. The van der Waals surface area contributed by atoms with Crippen molar-refractivity contribution in [2.24, 2.45) is 5.73 Å². The molecule has 0 unspecified atom stereocenters. The van der Waals surface area contributed by atoms with Crippen molar-refractivity contribution in [3.8, 4) is 17.7 Å². The fourth-order valence-corrected chi connectivity index (χ4v) is 3.78. The van der Waals surface area contributed by atoms with Crippen LogP contribution in [-0.2, 0) is 6.61 Å². The Morgan fingerprint density at radius 1 is 1.20 bits per heavy atom. The molecule has 1 aliphatic heterocycles. The molecular weight excluding hydrogens is 383 g/mol. The van der Waals surface area contributed by atoms with Crippen molar-refractivity contribution in [2.75, 3.05) is 0 Å². The first-order valence-corrected chi connectivity index (χ1v) is 9.50. The number of allylic oxidation sites excluding steroid dienone is 1. The Bertz CT molecular complexity index is 1190. The zero-order valence-electron chi connectivity index (χ0n) is 16.9. The minimum atomic E-state index is -0.386. The van der Waals surface area contributed by atoms with Crippen molar-refractivity contribution >= 4 is 0 Å². The van der Waals surface area contributed by atoms with Gasteiger partial charge in [-0.25, -0.2) is 4.39 Å². The van der Waals surface area contributed by atoms with Gasteiger partial charge >= 0.3 is 0 Å². The van der Waals surface area contributed by atoms with E-state index in [-0.39, 0.29) is 17.6 Å². The number of nitrogens with zero attached hydrogens (tertiary/aromatic N) is 2. The fraction of sp³-hybridized carbons (Fsp3) is 0.217. The summed E-state index contributed by atoms with van der Waals surface area (Å²) >= 11 is 0. The Balaban J connectivity index is 1.75. The molecule has 0 amide bonds. The molecule has 2 aromatic carbocycles. The standard InChI is InChI=1S/C23H21FN4O2/c1-12-8-13(2)18(9-15(12)11-29-17-6-4-16(24)5-7-17)21-19(10-25)22(26)30-23-20(21)14(3)27-28-23/h4-9,21H,11,26H2,1-3H3,(H,27,28)/t21-/m1/s1. The van der Waals surface area contributed by atoms with Gasteiger partial charge in [-0.15, -0.1) is 5.10 Å². The quantitative estimate of drug-likeness (QED) is 0.677. The van der Waals surface area contributed by atoms with Crippen molar-refractivity contribution < 1.29 is 13.9 Å². The third kappa shape index (κ3) is 3.37. The molecule has 152 valence electrons. The number of rotatable bonds is 4. The second-order valence-corrected chi connectivity index (χ2v) is 7.37.